The highest BCUT2D eigenvalue weighted by atomic mass is 35.5. The predicted octanol–water partition coefficient (Wildman–Crippen LogP) is 5.17. The van der Waals surface area contributed by atoms with Crippen LogP contribution in [0.3, 0.4) is 0 Å². The van der Waals surface area contributed by atoms with E-state index in [4.69, 9.17) is 32.7 Å². The normalized spacial score (nSPS) is 11.8. The molecule has 1 heterocycles. The van der Waals surface area contributed by atoms with Gasteiger partial charge in [-0.1, -0.05) is 40.9 Å². The van der Waals surface area contributed by atoms with Gasteiger partial charge in [-0.05, 0) is 31.2 Å². The third-order valence-corrected chi connectivity index (χ3v) is 7.66. The van der Waals surface area contributed by atoms with E-state index < -0.39 is 10.0 Å². The first-order chi connectivity index (χ1) is 14.8. The van der Waals surface area contributed by atoms with Gasteiger partial charge in [-0.25, -0.2) is 13.4 Å². The topological polar surface area (TPSA) is 68.7 Å². The van der Waals surface area contributed by atoms with E-state index in [0.29, 0.717) is 26.5 Å². The molecular weight excluding hydrogens is 479 g/mol. The number of nitrogens with zero attached hydrogens (tertiary/aromatic N) is 2. The summed E-state index contributed by atoms with van der Waals surface area (Å²) >= 11 is 13.5. The monoisotopic (exact) mass is 500 g/mol. The molecule has 31 heavy (non-hydrogen) atoms. The number of aryl methyl sites for hydroxylation is 1. The standard InChI is InChI=1S/C21H22Cl2N2O4S2/c1-15-3-6-18(7-4-15)31(26,27)25(9-10-28-2)12-17-14-30-21(24-17)13-29-20-11-16(22)5-8-19(20)23/h3-8,11,14H,9-10,12-13H2,1-2H3. The number of aromatic nitrogens is 1. The van der Waals surface area contributed by atoms with Crippen molar-refractivity contribution >= 4 is 44.6 Å². The first kappa shape index (κ1) is 24.0. The summed E-state index contributed by atoms with van der Waals surface area (Å²) in [4.78, 5) is 4.76. The molecule has 0 fully saturated rings. The van der Waals surface area contributed by atoms with Crippen LogP contribution in [0.25, 0.3) is 0 Å². The Bertz CT molecular complexity index is 1120. The molecule has 0 bridgehead atoms. The first-order valence-electron chi connectivity index (χ1n) is 9.36. The number of thiazole rings is 1. The van der Waals surface area contributed by atoms with Crippen molar-refractivity contribution in [3.8, 4) is 5.75 Å². The Morgan fingerprint density at radius 1 is 1.13 bits per heavy atom. The van der Waals surface area contributed by atoms with Crippen molar-refractivity contribution < 1.29 is 17.9 Å². The molecule has 0 N–H and O–H groups in total. The van der Waals surface area contributed by atoms with Crippen molar-refractivity contribution in [2.24, 2.45) is 0 Å². The second-order valence-corrected chi connectivity index (χ2v) is 10.5. The van der Waals surface area contributed by atoms with Crippen LogP contribution < -0.4 is 4.74 Å². The van der Waals surface area contributed by atoms with Crippen LogP contribution in [0.2, 0.25) is 10.0 Å². The summed E-state index contributed by atoms with van der Waals surface area (Å²) in [6, 6.07) is 11.8. The zero-order valence-electron chi connectivity index (χ0n) is 17.0. The second-order valence-electron chi connectivity index (χ2n) is 6.74. The third kappa shape index (κ3) is 6.41. The molecule has 0 atom stereocenters. The number of halogens is 2. The van der Waals surface area contributed by atoms with Gasteiger partial charge in [-0.2, -0.15) is 4.31 Å². The maximum Gasteiger partial charge on any atom is 0.243 e. The minimum absolute atomic E-state index is 0.133. The van der Waals surface area contributed by atoms with Crippen LogP contribution in [0.5, 0.6) is 5.75 Å². The molecule has 3 aromatic rings. The minimum atomic E-state index is -3.69. The lowest BCUT2D eigenvalue weighted by molar-refractivity contribution is 0.177. The van der Waals surface area contributed by atoms with Crippen molar-refractivity contribution in [1.29, 1.82) is 0 Å². The van der Waals surface area contributed by atoms with Crippen LogP contribution in [-0.2, 0) is 27.9 Å². The summed E-state index contributed by atoms with van der Waals surface area (Å²) in [5.41, 5.74) is 1.62. The molecule has 0 aliphatic heterocycles. The fourth-order valence-corrected chi connectivity index (χ4v) is 5.16. The molecule has 2 aromatic carbocycles. The van der Waals surface area contributed by atoms with Crippen LogP contribution in [0.4, 0.5) is 0 Å². The number of hydrogen-bond acceptors (Lipinski definition) is 6. The zero-order valence-corrected chi connectivity index (χ0v) is 20.2. The third-order valence-electron chi connectivity index (χ3n) is 4.39. The highest BCUT2D eigenvalue weighted by Gasteiger charge is 2.25. The van der Waals surface area contributed by atoms with Crippen molar-refractivity contribution in [3.05, 3.63) is 74.2 Å². The van der Waals surface area contributed by atoms with Crippen LogP contribution in [-0.4, -0.2) is 38.0 Å². The molecule has 6 nitrogen and oxygen atoms in total. The van der Waals surface area contributed by atoms with Crippen molar-refractivity contribution in [1.82, 2.24) is 9.29 Å². The summed E-state index contributed by atoms with van der Waals surface area (Å²) in [6.45, 7) is 2.74. The summed E-state index contributed by atoms with van der Waals surface area (Å²) in [5.74, 6) is 0.467. The van der Waals surface area contributed by atoms with Crippen LogP contribution in [0, 0.1) is 6.92 Å². The molecule has 0 saturated heterocycles. The van der Waals surface area contributed by atoms with Gasteiger partial charge in [0.2, 0.25) is 10.0 Å². The van der Waals surface area contributed by atoms with Gasteiger partial charge in [0.15, 0.2) is 0 Å². The van der Waals surface area contributed by atoms with Gasteiger partial charge in [0, 0.05) is 30.1 Å². The molecule has 166 valence electrons. The lowest BCUT2D eigenvalue weighted by Gasteiger charge is -2.21. The lowest BCUT2D eigenvalue weighted by atomic mass is 10.2. The number of hydrogen-bond donors (Lipinski definition) is 0. The van der Waals surface area contributed by atoms with Gasteiger partial charge in [-0.3, -0.25) is 0 Å². The molecule has 0 aliphatic carbocycles. The van der Waals surface area contributed by atoms with Crippen molar-refractivity contribution in [3.63, 3.8) is 0 Å². The number of methoxy groups -OCH3 is 1. The molecule has 0 unspecified atom stereocenters. The van der Waals surface area contributed by atoms with E-state index in [0.717, 1.165) is 5.56 Å². The van der Waals surface area contributed by atoms with Gasteiger partial charge in [0.05, 0.1) is 28.8 Å². The number of sulfonamides is 1. The molecular formula is C21H22Cl2N2O4S2. The van der Waals surface area contributed by atoms with Crippen LogP contribution in [0.15, 0.2) is 52.7 Å². The molecule has 0 radical (unpaired) electrons. The average Bonchev–Trinajstić information content (AvgIpc) is 3.19. The maximum absolute atomic E-state index is 13.1. The van der Waals surface area contributed by atoms with Crippen molar-refractivity contribution in [2.45, 2.75) is 25.0 Å². The SMILES string of the molecule is COCCN(Cc1csc(COc2cc(Cl)ccc2Cl)n1)S(=O)(=O)c1ccc(C)cc1. The Kier molecular flexibility index (Phi) is 8.32. The largest absolute Gasteiger partial charge is 0.485 e. The Balaban J connectivity index is 1.73. The highest BCUT2D eigenvalue weighted by Crippen LogP contribution is 2.29. The molecule has 0 spiro atoms. The van der Waals surface area contributed by atoms with E-state index in [1.807, 2.05) is 12.3 Å². The molecule has 10 heteroatoms. The first-order valence-corrected chi connectivity index (χ1v) is 12.4. The maximum atomic E-state index is 13.1. The number of rotatable bonds is 10. The van der Waals surface area contributed by atoms with Gasteiger partial charge < -0.3 is 9.47 Å². The Morgan fingerprint density at radius 3 is 2.58 bits per heavy atom. The van der Waals surface area contributed by atoms with Crippen LogP contribution >= 0.6 is 34.5 Å². The summed E-state index contributed by atoms with van der Waals surface area (Å²) in [6.07, 6.45) is 0. The highest BCUT2D eigenvalue weighted by molar-refractivity contribution is 7.89. The van der Waals surface area contributed by atoms with Crippen LogP contribution in [0.1, 0.15) is 16.3 Å². The van der Waals surface area contributed by atoms with E-state index in [2.05, 4.69) is 4.98 Å². The fraction of sp³-hybridized carbons (Fsp3) is 0.286. The second kappa shape index (κ2) is 10.8. The summed E-state index contributed by atoms with van der Waals surface area (Å²) in [5, 5.41) is 3.50. The number of benzene rings is 2. The van der Waals surface area contributed by atoms with Crippen molar-refractivity contribution in [2.75, 3.05) is 20.3 Å². The quantitative estimate of drug-likeness (QED) is 0.383. The van der Waals surface area contributed by atoms with E-state index in [9.17, 15) is 8.42 Å². The number of ether oxygens (including phenoxy) is 2. The molecule has 0 amide bonds. The molecule has 0 aliphatic rings. The van der Waals surface area contributed by atoms with Gasteiger partial charge in [0.25, 0.3) is 0 Å². The van der Waals surface area contributed by atoms with E-state index in [-0.39, 0.29) is 31.2 Å². The van der Waals surface area contributed by atoms with E-state index >= 15 is 0 Å². The average molecular weight is 501 g/mol. The predicted molar refractivity (Wildman–Crippen MR) is 124 cm³/mol. The molecule has 3 rings (SSSR count). The summed E-state index contributed by atoms with van der Waals surface area (Å²) in [7, 11) is -2.15. The Hall–Kier alpha value is -1.68. The van der Waals surface area contributed by atoms with Gasteiger partial charge >= 0.3 is 0 Å². The molecule has 1 aromatic heterocycles. The Morgan fingerprint density at radius 2 is 1.87 bits per heavy atom. The summed E-state index contributed by atoms with van der Waals surface area (Å²) < 4.78 is 38.5. The minimum Gasteiger partial charge on any atom is -0.485 e. The lowest BCUT2D eigenvalue weighted by Crippen LogP contribution is -2.33. The smallest absolute Gasteiger partial charge is 0.243 e. The van der Waals surface area contributed by atoms with E-state index in [1.165, 1.54) is 22.8 Å². The molecule has 0 saturated carbocycles. The van der Waals surface area contributed by atoms with Gasteiger partial charge in [-0.15, -0.1) is 11.3 Å². The zero-order chi connectivity index (χ0) is 22.4. The van der Waals surface area contributed by atoms with E-state index in [1.54, 1.807) is 42.5 Å². The fourth-order valence-electron chi connectivity index (χ4n) is 2.73. The van der Waals surface area contributed by atoms with Gasteiger partial charge in [0.1, 0.15) is 17.4 Å². The Labute approximate surface area is 196 Å².